The largest absolute Gasteiger partial charge is 0.497 e. The van der Waals surface area contributed by atoms with Gasteiger partial charge in [0.2, 0.25) is 5.91 Å². The average Bonchev–Trinajstić information content (AvgIpc) is 3.71. The molecule has 4 heterocycles. The molecule has 4 unspecified atom stereocenters. The molecule has 4 atom stereocenters. The van der Waals surface area contributed by atoms with Crippen molar-refractivity contribution in [2.45, 2.75) is 47.9 Å². The number of methoxy groups -OCH3 is 3. The number of thioether (sulfide) groups is 1. The number of ether oxygens (including phenoxy) is 3. The Labute approximate surface area is 319 Å². The Morgan fingerprint density at radius 3 is 2.07 bits per heavy atom. The van der Waals surface area contributed by atoms with Crippen molar-refractivity contribution < 1.29 is 23.8 Å². The predicted molar refractivity (Wildman–Crippen MR) is 212 cm³/mol. The number of para-hydroxylation sites is 1. The first-order valence-electron chi connectivity index (χ1n) is 18.4. The van der Waals surface area contributed by atoms with E-state index in [1.807, 2.05) is 84.7 Å². The number of amides is 2. The number of likely N-dealkylation sites (tertiary alicyclic amines) is 1. The van der Waals surface area contributed by atoms with Gasteiger partial charge in [-0.15, -0.1) is 0 Å². The summed E-state index contributed by atoms with van der Waals surface area (Å²) in [6.45, 7) is 0.483. The van der Waals surface area contributed by atoms with Gasteiger partial charge in [-0.25, -0.2) is 4.99 Å². The van der Waals surface area contributed by atoms with Crippen LogP contribution in [-0.4, -0.2) is 66.5 Å². The monoisotopic (exact) mass is 738 g/mol. The fourth-order valence-electron chi connectivity index (χ4n) is 9.41. The van der Waals surface area contributed by atoms with Gasteiger partial charge in [-0.05, 0) is 109 Å². The van der Waals surface area contributed by atoms with Crippen LogP contribution in [0.3, 0.4) is 0 Å². The second kappa shape index (κ2) is 13.2. The highest BCUT2D eigenvalue weighted by atomic mass is 32.2. The number of carbonyl (C=O) groups excluding carboxylic acids is 2. The second-order valence-electron chi connectivity index (χ2n) is 14.5. The van der Waals surface area contributed by atoms with Crippen LogP contribution in [0.15, 0.2) is 119 Å². The molecule has 5 aliphatic rings. The van der Waals surface area contributed by atoms with E-state index in [1.165, 1.54) is 11.8 Å². The van der Waals surface area contributed by atoms with Crippen molar-refractivity contribution in [3.63, 3.8) is 0 Å². The van der Waals surface area contributed by atoms with Crippen molar-refractivity contribution in [3.05, 3.63) is 136 Å². The Morgan fingerprint density at radius 2 is 1.41 bits per heavy atom. The summed E-state index contributed by atoms with van der Waals surface area (Å²) in [4.78, 5) is 40.5. The summed E-state index contributed by atoms with van der Waals surface area (Å²) in [5.74, 6) is 1.61. The molecule has 9 rings (SSSR count). The molecular weight excluding hydrogens is 697 g/mol. The standard InChI is InChI=1S/C44H42N4O5S/c1-47-26-36(28-15-21-32(52-3)22-16-28)44(43(47)35-11-7-8-12-37(35)45-40(43)49)41(50)48-39(29-17-23-33(53-4)24-18-29)34-10-6-5-9-30(38(34)46-42(48)54-44)25-27-13-19-31(51-2)20-14-27/h7-8,11-25,36,39H,5-6,9-10,26H2,1-4H3,(H,45,49)/b30-25+. The number of aliphatic imine (C=N–C) groups is 1. The highest BCUT2D eigenvalue weighted by Crippen LogP contribution is 2.67. The van der Waals surface area contributed by atoms with Crippen LogP contribution in [0.4, 0.5) is 5.69 Å². The molecule has 2 saturated heterocycles. The highest BCUT2D eigenvalue weighted by Gasteiger charge is 2.78. The molecule has 2 fully saturated rings. The number of anilines is 1. The number of likely N-dealkylation sites (N-methyl/N-ethyl adjacent to an activating group) is 1. The Kier molecular flexibility index (Phi) is 8.43. The van der Waals surface area contributed by atoms with Crippen LogP contribution >= 0.6 is 11.8 Å². The lowest BCUT2D eigenvalue weighted by atomic mass is 9.71. The molecule has 1 N–H and O–H groups in total. The number of hydrogen-bond donors (Lipinski definition) is 1. The molecule has 274 valence electrons. The molecule has 2 spiro atoms. The number of nitrogens with zero attached hydrogens (tertiary/aromatic N) is 3. The van der Waals surface area contributed by atoms with Crippen LogP contribution in [0.5, 0.6) is 17.2 Å². The van der Waals surface area contributed by atoms with E-state index in [0.29, 0.717) is 11.7 Å². The van der Waals surface area contributed by atoms with E-state index < -0.39 is 16.3 Å². The molecular formula is C44H42N4O5S. The summed E-state index contributed by atoms with van der Waals surface area (Å²) < 4.78 is 15.2. The number of allylic oxidation sites excluding steroid dienone is 1. The molecule has 4 aromatic rings. The smallest absolute Gasteiger partial charge is 0.251 e. The van der Waals surface area contributed by atoms with Gasteiger partial charge in [0.05, 0.1) is 33.1 Å². The highest BCUT2D eigenvalue weighted by molar-refractivity contribution is 8.16. The van der Waals surface area contributed by atoms with Crippen molar-refractivity contribution in [1.82, 2.24) is 9.80 Å². The maximum absolute atomic E-state index is 16.2. The molecule has 9 nitrogen and oxygen atoms in total. The predicted octanol–water partition coefficient (Wildman–Crippen LogP) is 7.93. The van der Waals surface area contributed by atoms with Gasteiger partial charge in [0, 0.05) is 23.7 Å². The topological polar surface area (TPSA) is 92.7 Å². The van der Waals surface area contributed by atoms with Crippen molar-refractivity contribution >= 4 is 40.5 Å². The summed E-state index contributed by atoms with van der Waals surface area (Å²) in [7, 11) is 6.96. The van der Waals surface area contributed by atoms with Gasteiger partial charge in [-0.3, -0.25) is 19.4 Å². The first-order chi connectivity index (χ1) is 26.3. The number of fused-ring (bicyclic) bond motifs is 4. The summed E-state index contributed by atoms with van der Waals surface area (Å²) in [6.07, 6.45) is 5.85. The zero-order valence-electron chi connectivity index (χ0n) is 30.8. The van der Waals surface area contributed by atoms with Gasteiger partial charge >= 0.3 is 0 Å². The summed E-state index contributed by atoms with van der Waals surface area (Å²) in [6, 6.07) is 31.5. The lowest BCUT2D eigenvalue weighted by molar-refractivity contribution is -0.139. The van der Waals surface area contributed by atoms with E-state index in [4.69, 9.17) is 19.2 Å². The van der Waals surface area contributed by atoms with Gasteiger partial charge in [-0.2, -0.15) is 0 Å². The van der Waals surface area contributed by atoms with Gasteiger partial charge in [-0.1, -0.05) is 66.4 Å². The fraction of sp³-hybridized carbons (Fsp3) is 0.295. The molecule has 0 radical (unpaired) electrons. The third-order valence-corrected chi connectivity index (χ3v) is 13.4. The second-order valence-corrected chi connectivity index (χ2v) is 15.7. The Balaban J connectivity index is 1.28. The third kappa shape index (κ3) is 4.92. The van der Waals surface area contributed by atoms with E-state index in [-0.39, 0.29) is 17.7 Å². The molecule has 1 aliphatic carbocycles. The maximum Gasteiger partial charge on any atom is 0.251 e. The number of benzene rings is 4. The van der Waals surface area contributed by atoms with Crippen molar-refractivity contribution in [2.24, 2.45) is 4.99 Å². The Morgan fingerprint density at radius 1 is 0.796 bits per heavy atom. The number of nitrogens with one attached hydrogen (secondary N) is 1. The Bertz CT molecular complexity index is 2250. The zero-order chi connectivity index (χ0) is 37.2. The molecule has 0 saturated carbocycles. The van der Waals surface area contributed by atoms with Gasteiger partial charge in [0.25, 0.3) is 5.91 Å². The lowest BCUT2D eigenvalue weighted by Gasteiger charge is -2.42. The van der Waals surface area contributed by atoms with E-state index in [1.54, 1.807) is 21.3 Å². The molecule has 2 amide bonds. The van der Waals surface area contributed by atoms with Crippen LogP contribution < -0.4 is 19.5 Å². The number of rotatable bonds is 6. The zero-order valence-corrected chi connectivity index (χ0v) is 31.6. The molecule has 4 aromatic carbocycles. The van der Waals surface area contributed by atoms with Crippen LogP contribution in [-0.2, 0) is 15.1 Å². The maximum atomic E-state index is 16.2. The van der Waals surface area contributed by atoms with Crippen molar-refractivity contribution in [1.29, 1.82) is 0 Å². The molecule has 0 bridgehead atoms. The third-order valence-electron chi connectivity index (χ3n) is 11.9. The van der Waals surface area contributed by atoms with Gasteiger partial charge in [0.1, 0.15) is 22.0 Å². The van der Waals surface area contributed by atoms with E-state index in [9.17, 15) is 4.79 Å². The number of carbonyl (C=O) groups is 2. The minimum absolute atomic E-state index is 0.111. The minimum atomic E-state index is -1.31. The van der Waals surface area contributed by atoms with E-state index in [0.717, 1.165) is 87.7 Å². The summed E-state index contributed by atoms with van der Waals surface area (Å²) in [5.41, 5.74) is 6.43. The average molecular weight is 739 g/mol. The first kappa shape index (κ1) is 34.4. The fourth-order valence-corrected chi connectivity index (χ4v) is 11.2. The Hall–Kier alpha value is -5.32. The first-order valence-corrected chi connectivity index (χ1v) is 19.2. The van der Waals surface area contributed by atoms with Gasteiger partial charge in [0.15, 0.2) is 10.7 Å². The quantitative estimate of drug-likeness (QED) is 0.215. The molecule has 0 aromatic heterocycles. The number of hydrogen-bond acceptors (Lipinski definition) is 8. The SMILES string of the molecule is COc1ccc(/C=C2\CCCCC3=C2N=C2SC4(C(=O)N2C3c2ccc(OC)cc2)C(c2ccc(OC)cc2)CN(C)C42C(=O)Nc3ccccc32)cc1. The molecule has 10 heteroatoms. The summed E-state index contributed by atoms with van der Waals surface area (Å²) >= 11 is 1.46. The van der Waals surface area contributed by atoms with E-state index in [2.05, 4.69) is 40.6 Å². The minimum Gasteiger partial charge on any atom is -0.497 e. The van der Waals surface area contributed by atoms with Crippen molar-refractivity contribution in [2.75, 3.05) is 40.2 Å². The van der Waals surface area contributed by atoms with Crippen LogP contribution in [0.25, 0.3) is 6.08 Å². The summed E-state index contributed by atoms with van der Waals surface area (Å²) in [5, 5.41) is 3.81. The lowest BCUT2D eigenvalue weighted by Crippen LogP contribution is -2.62. The normalized spacial score (nSPS) is 26.8. The van der Waals surface area contributed by atoms with E-state index >= 15 is 4.79 Å². The van der Waals surface area contributed by atoms with Crippen molar-refractivity contribution in [3.8, 4) is 17.2 Å². The van der Waals surface area contributed by atoms with Crippen LogP contribution in [0.1, 0.15) is 59.9 Å². The van der Waals surface area contributed by atoms with Crippen LogP contribution in [0.2, 0.25) is 0 Å². The molecule has 54 heavy (non-hydrogen) atoms. The number of amidine groups is 1. The van der Waals surface area contributed by atoms with Crippen LogP contribution in [0, 0.1) is 0 Å². The van der Waals surface area contributed by atoms with Gasteiger partial charge < -0.3 is 19.5 Å². The molecule has 4 aliphatic heterocycles.